The number of benzene rings is 1. The highest BCUT2D eigenvalue weighted by Gasteiger charge is 2.22. The summed E-state index contributed by atoms with van der Waals surface area (Å²) in [6.45, 7) is 4.08. The SMILES string of the molecule is CCNCCCc1ccc(S(=O)(=O)NC2CCSC2)cc1. The van der Waals surface area contributed by atoms with Gasteiger partial charge in [0.1, 0.15) is 0 Å². The summed E-state index contributed by atoms with van der Waals surface area (Å²) in [4.78, 5) is 0.370. The van der Waals surface area contributed by atoms with Crippen LogP contribution in [0.3, 0.4) is 0 Å². The molecule has 4 nitrogen and oxygen atoms in total. The van der Waals surface area contributed by atoms with Crippen LogP contribution in [0.2, 0.25) is 0 Å². The fraction of sp³-hybridized carbons (Fsp3) is 0.600. The first-order valence-electron chi connectivity index (χ1n) is 7.51. The molecule has 1 aliphatic rings. The van der Waals surface area contributed by atoms with Gasteiger partial charge in [-0.15, -0.1) is 0 Å². The van der Waals surface area contributed by atoms with Crippen LogP contribution in [-0.2, 0) is 16.4 Å². The Morgan fingerprint density at radius 2 is 2.05 bits per heavy atom. The average Bonchev–Trinajstić information content (AvgIpc) is 2.96. The molecular weight excluding hydrogens is 304 g/mol. The minimum Gasteiger partial charge on any atom is -0.317 e. The Bertz CT molecular complexity index is 523. The van der Waals surface area contributed by atoms with Gasteiger partial charge >= 0.3 is 0 Å². The summed E-state index contributed by atoms with van der Waals surface area (Å²) in [5.74, 6) is 1.92. The molecule has 2 rings (SSSR count). The van der Waals surface area contributed by atoms with Crippen molar-refractivity contribution in [1.29, 1.82) is 0 Å². The summed E-state index contributed by atoms with van der Waals surface area (Å²) in [5.41, 5.74) is 1.18. The van der Waals surface area contributed by atoms with E-state index in [1.54, 1.807) is 23.9 Å². The second-order valence-electron chi connectivity index (χ2n) is 5.28. The molecule has 1 unspecified atom stereocenters. The van der Waals surface area contributed by atoms with Gasteiger partial charge in [0.05, 0.1) is 4.90 Å². The summed E-state index contributed by atoms with van der Waals surface area (Å²) in [6, 6.07) is 7.35. The molecule has 0 saturated carbocycles. The van der Waals surface area contributed by atoms with Crippen molar-refractivity contribution < 1.29 is 8.42 Å². The molecule has 1 fully saturated rings. The second-order valence-corrected chi connectivity index (χ2v) is 8.15. The maximum absolute atomic E-state index is 12.3. The lowest BCUT2D eigenvalue weighted by molar-refractivity contribution is 0.563. The lowest BCUT2D eigenvalue weighted by Gasteiger charge is -2.12. The Morgan fingerprint density at radius 1 is 1.29 bits per heavy atom. The van der Waals surface area contributed by atoms with Crippen LogP contribution in [0.15, 0.2) is 29.2 Å². The molecule has 0 aliphatic carbocycles. The maximum Gasteiger partial charge on any atom is 0.240 e. The number of hydrogen-bond acceptors (Lipinski definition) is 4. The van der Waals surface area contributed by atoms with E-state index in [1.807, 2.05) is 12.1 Å². The van der Waals surface area contributed by atoms with E-state index >= 15 is 0 Å². The molecule has 0 aromatic heterocycles. The smallest absolute Gasteiger partial charge is 0.240 e. The molecule has 1 aromatic rings. The molecule has 0 radical (unpaired) electrons. The minimum atomic E-state index is -3.37. The third-order valence-electron chi connectivity index (χ3n) is 3.55. The number of thioether (sulfide) groups is 1. The molecule has 1 atom stereocenters. The highest BCUT2D eigenvalue weighted by atomic mass is 32.2. The van der Waals surface area contributed by atoms with Crippen molar-refractivity contribution in [3.8, 4) is 0 Å². The highest BCUT2D eigenvalue weighted by Crippen LogP contribution is 2.20. The standard InChI is InChI=1S/C15H24N2O2S2/c1-2-16-10-3-4-13-5-7-15(8-6-13)21(18,19)17-14-9-11-20-12-14/h5-8,14,16-17H,2-4,9-12H2,1H3. The van der Waals surface area contributed by atoms with E-state index < -0.39 is 10.0 Å². The summed E-state index contributed by atoms with van der Waals surface area (Å²) in [6.07, 6.45) is 2.96. The second kappa shape index (κ2) is 8.17. The van der Waals surface area contributed by atoms with Gasteiger partial charge in [-0.25, -0.2) is 13.1 Å². The van der Waals surface area contributed by atoms with Crippen LogP contribution >= 0.6 is 11.8 Å². The van der Waals surface area contributed by atoms with Gasteiger partial charge in [-0.2, -0.15) is 11.8 Å². The van der Waals surface area contributed by atoms with Crippen LogP contribution in [-0.4, -0.2) is 39.1 Å². The van der Waals surface area contributed by atoms with Crippen LogP contribution in [0, 0.1) is 0 Å². The molecule has 1 aliphatic heterocycles. The third-order valence-corrected chi connectivity index (χ3v) is 6.25. The molecule has 0 bridgehead atoms. The van der Waals surface area contributed by atoms with E-state index in [2.05, 4.69) is 17.0 Å². The molecule has 2 N–H and O–H groups in total. The molecule has 1 aromatic carbocycles. The third kappa shape index (κ3) is 5.29. The molecule has 6 heteroatoms. The van der Waals surface area contributed by atoms with Gasteiger partial charge in [-0.05, 0) is 55.8 Å². The van der Waals surface area contributed by atoms with Crippen molar-refractivity contribution in [2.75, 3.05) is 24.6 Å². The van der Waals surface area contributed by atoms with Gasteiger partial charge in [0.25, 0.3) is 0 Å². The predicted octanol–water partition coefficient (Wildman–Crippen LogP) is 2.01. The van der Waals surface area contributed by atoms with Crippen molar-refractivity contribution >= 4 is 21.8 Å². The van der Waals surface area contributed by atoms with Crippen LogP contribution in [0.1, 0.15) is 25.3 Å². The summed E-state index contributed by atoms with van der Waals surface area (Å²) >= 11 is 1.80. The van der Waals surface area contributed by atoms with Crippen LogP contribution in [0.25, 0.3) is 0 Å². The van der Waals surface area contributed by atoms with E-state index in [-0.39, 0.29) is 6.04 Å². The van der Waals surface area contributed by atoms with Gasteiger partial charge in [0, 0.05) is 11.8 Å². The number of nitrogens with one attached hydrogen (secondary N) is 2. The number of aryl methyl sites for hydroxylation is 1. The van der Waals surface area contributed by atoms with E-state index in [1.165, 1.54) is 5.56 Å². The molecule has 21 heavy (non-hydrogen) atoms. The van der Waals surface area contributed by atoms with Gasteiger partial charge < -0.3 is 5.32 Å². The van der Waals surface area contributed by atoms with Crippen LogP contribution in [0.5, 0.6) is 0 Å². The fourth-order valence-electron chi connectivity index (χ4n) is 2.34. The van der Waals surface area contributed by atoms with E-state index in [9.17, 15) is 8.42 Å². The normalized spacial score (nSPS) is 19.0. The van der Waals surface area contributed by atoms with E-state index in [4.69, 9.17) is 0 Å². The van der Waals surface area contributed by atoms with E-state index in [0.717, 1.165) is 43.9 Å². The first-order valence-corrected chi connectivity index (χ1v) is 10.2. The molecule has 0 spiro atoms. The maximum atomic E-state index is 12.3. The van der Waals surface area contributed by atoms with Gasteiger partial charge in [0.15, 0.2) is 0 Å². The number of sulfonamides is 1. The first-order chi connectivity index (χ1) is 10.1. The lowest BCUT2D eigenvalue weighted by Crippen LogP contribution is -2.34. The fourth-order valence-corrected chi connectivity index (χ4v) is 4.87. The molecule has 0 amide bonds. The summed E-state index contributed by atoms with van der Waals surface area (Å²) in [5, 5.41) is 3.29. The number of rotatable bonds is 8. The van der Waals surface area contributed by atoms with Crippen LogP contribution < -0.4 is 10.0 Å². The monoisotopic (exact) mass is 328 g/mol. The summed E-state index contributed by atoms with van der Waals surface area (Å²) in [7, 11) is -3.37. The topological polar surface area (TPSA) is 58.2 Å². The largest absolute Gasteiger partial charge is 0.317 e. The Morgan fingerprint density at radius 3 is 2.67 bits per heavy atom. The zero-order chi connectivity index (χ0) is 15.1. The Labute approximate surface area is 132 Å². The quantitative estimate of drug-likeness (QED) is 0.717. The average molecular weight is 329 g/mol. The zero-order valence-corrected chi connectivity index (χ0v) is 14.1. The molecule has 1 saturated heterocycles. The molecule has 118 valence electrons. The lowest BCUT2D eigenvalue weighted by atomic mass is 10.1. The molecule has 1 heterocycles. The van der Waals surface area contributed by atoms with Crippen molar-refractivity contribution in [3.05, 3.63) is 29.8 Å². The van der Waals surface area contributed by atoms with E-state index in [0.29, 0.717) is 4.90 Å². The Balaban J connectivity index is 1.90. The van der Waals surface area contributed by atoms with Crippen molar-refractivity contribution in [2.45, 2.75) is 37.1 Å². The van der Waals surface area contributed by atoms with Gasteiger partial charge in [-0.3, -0.25) is 0 Å². The molecular formula is C15H24N2O2S2. The Kier molecular flexibility index (Phi) is 6.54. The predicted molar refractivity (Wildman–Crippen MR) is 89.4 cm³/mol. The summed E-state index contributed by atoms with van der Waals surface area (Å²) < 4.78 is 27.3. The van der Waals surface area contributed by atoms with Crippen molar-refractivity contribution in [2.24, 2.45) is 0 Å². The zero-order valence-electron chi connectivity index (χ0n) is 12.5. The minimum absolute atomic E-state index is 0.0831. The van der Waals surface area contributed by atoms with Gasteiger partial charge in [0.2, 0.25) is 10.0 Å². The van der Waals surface area contributed by atoms with Gasteiger partial charge in [-0.1, -0.05) is 19.1 Å². The van der Waals surface area contributed by atoms with Crippen molar-refractivity contribution in [1.82, 2.24) is 10.0 Å². The van der Waals surface area contributed by atoms with Crippen molar-refractivity contribution in [3.63, 3.8) is 0 Å². The number of hydrogen-bond donors (Lipinski definition) is 2. The Hall–Kier alpha value is -0.560. The first kappa shape index (κ1) is 16.8. The highest BCUT2D eigenvalue weighted by molar-refractivity contribution is 7.99. The van der Waals surface area contributed by atoms with Crippen LogP contribution in [0.4, 0.5) is 0 Å².